The molecule has 8 heteroatoms. The molecule has 3 aromatic rings. The molecule has 1 aliphatic heterocycles. The van der Waals surface area contributed by atoms with E-state index in [1.165, 1.54) is 28.9 Å². The summed E-state index contributed by atoms with van der Waals surface area (Å²) in [5.41, 5.74) is 9.77. The van der Waals surface area contributed by atoms with Crippen molar-refractivity contribution < 1.29 is 9.18 Å². The van der Waals surface area contributed by atoms with Gasteiger partial charge in [0.05, 0.1) is 28.5 Å². The number of fused-ring (bicyclic) bond motifs is 1. The molecule has 1 aromatic heterocycles. The first-order chi connectivity index (χ1) is 13.5. The van der Waals surface area contributed by atoms with Crippen molar-refractivity contribution in [3.05, 3.63) is 53.8 Å². The van der Waals surface area contributed by atoms with Crippen LogP contribution in [0.25, 0.3) is 22.4 Å². The zero-order valence-corrected chi connectivity index (χ0v) is 16.4. The Morgan fingerprint density at radius 1 is 1.21 bits per heavy atom. The molecular formula is C20H20FN5OS. The average molecular weight is 397 g/mol. The van der Waals surface area contributed by atoms with Crippen LogP contribution in [0.4, 0.5) is 9.18 Å². The maximum Gasteiger partial charge on any atom is 0.302 e. The summed E-state index contributed by atoms with van der Waals surface area (Å²) in [4.78, 5) is 16.8. The molecule has 1 aliphatic rings. The molecule has 2 heterocycles. The fraction of sp³-hybridized carbons (Fsp3) is 0.250. The van der Waals surface area contributed by atoms with Crippen molar-refractivity contribution in [3.8, 4) is 11.4 Å². The number of hydrazone groups is 1. The summed E-state index contributed by atoms with van der Waals surface area (Å²) in [6, 6.07) is 12.3. The van der Waals surface area contributed by atoms with Gasteiger partial charge in [-0.1, -0.05) is 30.0 Å². The Morgan fingerprint density at radius 3 is 2.79 bits per heavy atom. The predicted octanol–water partition coefficient (Wildman–Crippen LogP) is 3.60. The van der Waals surface area contributed by atoms with E-state index in [9.17, 15) is 9.18 Å². The van der Waals surface area contributed by atoms with Gasteiger partial charge in [-0.05, 0) is 31.2 Å². The van der Waals surface area contributed by atoms with Gasteiger partial charge in [0.15, 0.2) is 0 Å². The highest BCUT2D eigenvalue weighted by atomic mass is 32.2. The topological polar surface area (TPSA) is 76.5 Å². The summed E-state index contributed by atoms with van der Waals surface area (Å²) in [7, 11) is 1.91. The highest BCUT2D eigenvalue weighted by Crippen LogP contribution is 2.29. The van der Waals surface area contributed by atoms with Gasteiger partial charge in [-0.3, -0.25) is 4.79 Å². The molecule has 1 atom stereocenters. The number of hydrogen-bond acceptors (Lipinski definition) is 5. The number of halogens is 1. The largest absolute Gasteiger partial charge is 0.329 e. The van der Waals surface area contributed by atoms with E-state index in [1.807, 2.05) is 42.8 Å². The van der Waals surface area contributed by atoms with Crippen LogP contribution in [0.15, 0.2) is 47.6 Å². The molecule has 1 amide bonds. The van der Waals surface area contributed by atoms with Gasteiger partial charge in [0.1, 0.15) is 11.6 Å². The molecule has 0 saturated carbocycles. The standard InChI is InChI=1S/C20H20FN5OS/c1-12-18(24-26(9-8-22)20(27)28-12)13-6-7-17-16(11-13)23-19(25(17)2)14-4-3-5-15(21)10-14/h3-7,10-12H,8-9,22H2,1-2H3. The Morgan fingerprint density at radius 2 is 2.04 bits per heavy atom. The number of nitrogens with two attached hydrogens (primary N) is 1. The lowest BCUT2D eigenvalue weighted by Crippen LogP contribution is -2.36. The van der Waals surface area contributed by atoms with E-state index < -0.39 is 0 Å². The molecule has 0 spiro atoms. The summed E-state index contributed by atoms with van der Waals surface area (Å²) in [6.07, 6.45) is 0. The fourth-order valence-corrected chi connectivity index (χ4v) is 4.17. The van der Waals surface area contributed by atoms with Gasteiger partial charge >= 0.3 is 5.24 Å². The van der Waals surface area contributed by atoms with Gasteiger partial charge < -0.3 is 10.3 Å². The number of nitrogens with zero attached hydrogens (tertiary/aromatic N) is 4. The van der Waals surface area contributed by atoms with Gasteiger partial charge in [-0.2, -0.15) is 5.10 Å². The molecule has 4 rings (SSSR count). The Bertz CT molecular complexity index is 1090. The van der Waals surface area contributed by atoms with Crippen molar-refractivity contribution in [2.24, 2.45) is 17.9 Å². The van der Waals surface area contributed by atoms with Crippen molar-refractivity contribution in [1.82, 2.24) is 14.6 Å². The van der Waals surface area contributed by atoms with Crippen molar-refractivity contribution >= 4 is 33.7 Å². The number of aryl methyl sites for hydroxylation is 1. The van der Waals surface area contributed by atoms with Crippen LogP contribution in [-0.2, 0) is 7.05 Å². The summed E-state index contributed by atoms with van der Waals surface area (Å²) in [6.45, 7) is 2.70. The number of benzene rings is 2. The summed E-state index contributed by atoms with van der Waals surface area (Å²) >= 11 is 1.24. The number of hydrogen-bond donors (Lipinski definition) is 1. The van der Waals surface area contributed by atoms with Crippen LogP contribution in [0.2, 0.25) is 0 Å². The maximum absolute atomic E-state index is 13.6. The van der Waals surface area contributed by atoms with E-state index in [0.29, 0.717) is 18.9 Å². The third-order valence-corrected chi connectivity index (χ3v) is 5.69. The lowest BCUT2D eigenvalue weighted by atomic mass is 10.1. The SMILES string of the molecule is CC1SC(=O)N(CCN)N=C1c1ccc2c(c1)nc(-c1cccc(F)c1)n2C. The molecule has 0 bridgehead atoms. The van der Waals surface area contributed by atoms with Gasteiger partial charge in [0.25, 0.3) is 0 Å². The fourth-order valence-electron chi connectivity index (χ4n) is 3.32. The molecule has 0 aliphatic carbocycles. The van der Waals surface area contributed by atoms with E-state index in [0.717, 1.165) is 27.9 Å². The lowest BCUT2D eigenvalue weighted by molar-refractivity contribution is 0.226. The van der Waals surface area contributed by atoms with Crippen LogP contribution < -0.4 is 5.73 Å². The van der Waals surface area contributed by atoms with Crippen LogP contribution in [0.1, 0.15) is 12.5 Å². The molecule has 28 heavy (non-hydrogen) atoms. The van der Waals surface area contributed by atoms with E-state index in [1.54, 1.807) is 6.07 Å². The molecule has 0 saturated heterocycles. The minimum atomic E-state index is -0.294. The van der Waals surface area contributed by atoms with Crippen molar-refractivity contribution in [1.29, 1.82) is 0 Å². The first-order valence-corrected chi connectivity index (χ1v) is 9.85. The van der Waals surface area contributed by atoms with Crippen LogP contribution in [-0.4, -0.2) is 43.9 Å². The normalized spacial score (nSPS) is 17.3. The Hall–Kier alpha value is -2.71. The molecule has 1 unspecified atom stereocenters. The maximum atomic E-state index is 13.6. The van der Waals surface area contributed by atoms with Gasteiger partial charge in [-0.25, -0.2) is 14.4 Å². The number of thioether (sulfide) groups is 1. The number of carbonyl (C=O) groups excluding carboxylic acids is 1. The molecule has 144 valence electrons. The number of aromatic nitrogens is 2. The second-order valence-corrected chi connectivity index (χ2v) is 7.92. The summed E-state index contributed by atoms with van der Waals surface area (Å²) in [5, 5.41) is 5.79. The lowest BCUT2D eigenvalue weighted by Gasteiger charge is -2.26. The summed E-state index contributed by atoms with van der Waals surface area (Å²) in [5.74, 6) is 0.400. The van der Waals surface area contributed by atoms with Crippen molar-refractivity contribution in [3.63, 3.8) is 0 Å². The van der Waals surface area contributed by atoms with E-state index in [4.69, 9.17) is 10.7 Å². The number of rotatable bonds is 4. The van der Waals surface area contributed by atoms with E-state index >= 15 is 0 Å². The second kappa shape index (κ2) is 7.37. The molecule has 0 fully saturated rings. The zero-order chi connectivity index (χ0) is 19.8. The highest BCUT2D eigenvalue weighted by molar-refractivity contribution is 8.14. The number of imidazole rings is 1. The Labute approximate surface area is 166 Å². The quantitative estimate of drug-likeness (QED) is 0.730. The second-order valence-electron chi connectivity index (χ2n) is 6.63. The first-order valence-electron chi connectivity index (χ1n) is 8.97. The smallest absolute Gasteiger partial charge is 0.302 e. The molecular weight excluding hydrogens is 377 g/mol. The molecule has 2 aromatic carbocycles. The van der Waals surface area contributed by atoms with Crippen molar-refractivity contribution in [2.75, 3.05) is 13.1 Å². The van der Waals surface area contributed by atoms with Gasteiger partial charge in [0, 0.05) is 24.7 Å². The minimum absolute atomic E-state index is 0.0645. The third kappa shape index (κ3) is 3.29. The number of carbonyl (C=O) groups is 1. The van der Waals surface area contributed by atoms with Gasteiger partial charge in [-0.15, -0.1) is 0 Å². The van der Waals surface area contributed by atoms with Crippen molar-refractivity contribution in [2.45, 2.75) is 12.2 Å². The predicted molar refractivity (Wildman–Crippen MR) is 111 cm³/mol. The van der Waals surface area contributed by atoms with Crippen LogP contribution in [0.5, 0.6) is 0 Å². The average Bonchev–Trinajstić information content (AvgIpc) is 3.00. The van der Waals surface area contributed by atoms with E-state index in [-0.39, 0.29) is 16.3 Å². The van der Waals surface area contributed by atoms with E-state index in [2.05, 4.69) is 5.10 Å². The summed E-state index contributed by atoms with van der Waals surface area (Å²) < 4.78 is 15.6. The van der Waals surface area contributed by atoms with Crippen LogP contribution in [0.3, 0.4) is 0 Å². The Balaban J connectivity index is 1.78. The third-order valence-electron chi connectivity index (χ3n) is 4.70. The number of amides is 1. The molecule has 6 nitrogen and oxygen atoms in total. The molecule has 0 radical (unpaired) electrons. The zero-order valence-electron chi connectivity index (χ0n) is 15.6. The van der Waals surface area contributed by atoms with Crippen LogP contribution >= 0.6 is 11.8 Å². The highest BCUT2D eigenvalue weighted by Gasteiger charge is 2.28. The monoisotopic (exact) mass is 397 g/mol. The minimum Gasteiger partial charge on any atom is -0.329 e. The van der Waals surface area contributed by atoms with Gasteiger partial charge in [0.2, 0.25) is 0 Å². The molecule has 2 N–H and O–H groups in total. The first kappa shape index (κ1) is 18.6. The van der Waals surface area contributed by atoms with Crippen LogP contribution in [0, 0.1) is 5.82 Å². The Kier molecular flexibility index (Phi) is 4.91.